The summed E-state index contributed by atoms with van der Waals surface area (Å²) in [5.74, 6) is 0. The van der Waals surface area contributed by atoms with Crippen LogP contribution in [0.25, 0.3) is 0 Å². The highest BCUT2D eigenvalue weighted by Gasteiger charge is 1.70. The second-order valence-corrected chi connectivity index (χ2v) is 1.95. The van der Waals surface area contributed by atoms with Crippen LogP contribution in [0.1, 0.15) is 26.2 Å². The third-order valence-corrected chi connectivity index (χ3v) is 1.05. The van der Waals surface area contributed by atoms with Gasteiger partial charge in [-0.25, -0.2) is 0 Å². The molecule has 0 N–H and O–H groups in total. The highest BCUT2D eigenvalue weighted by molar-refractivity contribution is 4.95. The minimum atomic E-state index is 0.528. The van der Waals surface area contributed by atoms with Crippen LogP contribution in [-0.2, 0) is 0 Å². The molecular weight excluding hydrogens is 122 g/mol. The fraction of sp³-hybridized carbons (Fsp3) is 0.444. The molecule has 0 fully saturated rings. The van der Waals surface area contributed by atoms with Gasteiger partial charge in [0.2, 0.25) is 0 Å². The summed E-state index contributed by atoms with van der Waals surface area (Å²) >= 11 is 0. The molecule has 0 atom stereocenters. The maximum atomic E-state index is 8.15. The quantitative estimate of drug-likeness (QED) is 0.544. The largest absolute Gasteiger partial charge is 0.198 e. The zero-order valence-corrected chi connectivity index (χ0v) is 6.38. The molecule has 54 valence electrons. The summed E-state index contributed by atoms with van der Waals surface area (Å²) in [5, 5.41) is 8.15. The van der Waals surface area contributed by atoms with E-state index in [0.717, 1.165) is 12.8 Å². The Hall–Kier alpha value is -1.03. The van der Waals surface area contributed by atoms with Gasteiger partial charge in [0.25, 0.3) is 0 Å². The maximum Gasteiger partial charge on any atom is 0.0663 e. The summed E-state index contributed by atoms with van der Waals surface area (Å²) in [4.78, 5) is 0. The minimum absolute atomic E-state index is 0.528. The van der Waals surface area contributed by atoms with Gasteiger partial charge in [0.15, 0.2) is 0 Å². The Morgan fingerprint density at radius 1 is 1.20 bits per heavy atom. The molecule has 0 saturated carbocycles. The second-order valence-electron chi connectivity index (χ2n) is 1.95. The van der Waals surface area contributed by atoms with Crippen molar-refractivity contribution < 1.29 is 0 Å². The molecule has 0 aromatic rings. The van der Waals surface area contributed by atoms with Crippen LogP contribution in [0.3, 0.4) is 0 Å². The van der Waals surface area contributed by atoms with Crippen LogP contribution >= 0.6 is 0 Å². The summed E-state index contributed by atoms with van der Waals surface area (Å²) < 4.78 is 0. The Labute approximate surface area is 62.7 Å². The van der Waals surface area contributed by atoms with Crippen LogP contribution in [0, 0.1) is 11.3 Å². The molecule has 0 unspecified atom stereocenters. The normalized spacial score (nSPS) is 10.8. The fourth-order valence-electron chi connectivity index (χ4n) is 0.574. The zero-order valence-electron chi connectivity index (χ0n) is 6.38. The molecule has 0 aliphatic rings. The summed E-state index contributed by atoms with van der Waals surface area (Å²) in [6.45, 7) is 2.11. The zero-order chi connectivity index (χ0) is 7.66. The number of allylic oxidation sites excluding steroid dienone is 4. The van der Waals surface area contributed by atoms with Gasteiger partial charge >= 0.3 is 0 Å². The molecule has 0 saturated heterocycles. The Morgan fingerprint density at radius 2 is 1.90 bits per heavy atom. The highest BCUT2D eigenvalue weighted by Crippen LogP contribution is 1.89. The third kappa shape index (κ3) is 6.97. The predicted octanol–water partition coefficient (Wildman–Crippen LogP) is 2.81. The van der Waals surface area contributed by atoms with Crippen LogP contribution < -0.4 is 0 Å². The number of rotatable bonds is 4. The predicted molar refractivity (Wildman–Crippen MR) is 43.4 cm³/mol. The van der Waals surface area contributed by atoms with E-state index in [9.17, 15) is 0 Å². The first-order valence-electron chi connectivity index (χ1n) is 3.58. The van der Waals surface area contributed by atoms with Crippen LogP contribution in [0.15, 0.2) is 24.3 Å². The molecule has 0 aliphatic carbocycles. The van der Waals surface area contributed by atoms with Gasteiger partial charge in [-0.2, -0.15) is 5.26 Å². The first kappa shape index (κ1) is 8.97. The van der Waals surface area contributed by atoms with Crippen LogP contribution in [-0.4, -0.2) is 0 Å². The van der Waals surface area contributed by atoms with Gasteiger partial charge in [-0.05, 0) is 12.8 Å². The van der Waals surface area contributed by atoms with Crippen molar-refractivity contribution in [1.29, 1.82) is 5.26 Å². The fourth-order valence-corrected chi connectivity index (χ4v) is 0.574. The summed E-state index contributed by atoms with van der Waals surface area (Å²) in [7, 11) is 0. The van der Waals surface area contributed by atoms with Crippen LogP contribution in [0.5, 0.6) is 0 Å². The molecule has 0 heterocycles. The number of nitrogens with zero attached hydrogens (tertiary/aromatic N) is 1. The highest BCUT2D eigenvalue weighted by atomic mass is 14.2. The molecule has 0 spiro atoms. The summed E-state index contributed by atoms with van der Waals surface area (Å²) in [6, 6.07) is 2.05. The molecule has 0 rings (SSSR count). The third-order valence-electron chi connectivity index (χ3n) is 1.05. The molecule has 0 bridgehead atoms. The van der Waals surface area contributed by atoms with E-state index in [2.05, 4.69) is 19.1 Å². The van der Waals surface area contributed by atoms with Crippen molar-refractivity contribution in [1.82, 2.24) is 0 Å². The maximum absolute atomic E-state index is 8.15. The monoisotopic (exact) mass is 135 g/mol. The molecule has 0 aromatic carbocycles. The number of hydrogen-bond acceptors (Lipinski definition) is 1. The first-order valence-corrected chi connectivity index (χ1v) is 3.58. The van der Waals surface area contributed by atoms with E-state index in [1.54, 1.807) is 0 Å². The number of nitriles is 1. The Balaban J connectivity index is 3.19. The smallest absolute Gasteiger partial charge is 0.0663 e. The standard InChI is InChI=1S/C9H13N/c1-2-3-4-5-6-7-8-9-10/h3-4,6-7H,2,5,8H2,1H3/b4-3+,7-6+. The molecule has 1 heteroatoms. The minimum Gasteiger partial charge on any atom is -0.198 e. The van der Waals surface area contributed by atoms with Crippen molar-refractivity contribution in [2.24, 2.45) is 0 Å². The van der Waals surface area contributed by atoms with Gasteiger partial charge in [-0.15, -0.1) is 0 Å². The average Bonchev–Trinajstić information content (AvgIpc) is 1.97. The van der Waals surface area contributed by atoms with Gasteiger partial charge in [-0.1, -0.05) is 31.2 Å². The van der Waals surface area contributed by atoms with E-state index in [1.165, 1.54) is 0 Å². The van der Waals surface area contributed by atoms with Gasteiger partial charge in [0, 0.05) is 0 Å². The van der Waals surface area contributed by atoms with E-state index >= 15 is 0 Å². The van der Waals surface area contributed by atoms with Crippen LogP contribution in [0.4, 0.5) is 0 Å². The molecule has 1 nitrogen and oxygen atoms in total. The Bertz CT molecular complexity index is 149. The number of hydrogen-bond donors (Lipinski definition) is 0. The van der Waals surface area contributed by atoms with E-state index in [4.69, 9.17) is 5.26 Å². The van der Waals surface area contributed by atoms with E-state index in [-0.39, 0.29) is 0 Å². The summed E-state index contributed by atoms with van der Waals surface area (Å²) in [6.07, 6.45) is 10.7. The van der Waals surface area contributed by atoms with Gasteiger partial charge < -0.3 is 0 Å². The van der Waals surface area contributed by atoms with Crippen molar-refractivity contribution in [3.63, 3.8) is 0 Å². The Kier molecular flexibility index (Phi) is 7.15. The lowest BCUT2D eigenvalue weighted by atomic mass is 10.3. The van der Waals surface area contributed by atoms with Crippen molar-refractivity contribution in [3.8, 4) is 6.07 Å². The second kappa shape index (κ2) is 7.97. The van der Waals surface area contributed by atoms with E-state index in [1.807, 2.05) is 18.2 Å². The topological polar surface area (TPSA) is 23.8 Å². The van der Waals surface area contributed by atoms with Crippen molar-refractivity contribution in [3.05, 3.63) is 24.3 Å². The molecule has 0 radical (unpaired) electrons. The van der Waals surface area contributed by atoms with Crippen molar-refractivity contribution in [2.45, 2.75) is 26.2 Å². The van der Waals surface area contributed by atoms with Crippen LogP contribution in [0.2, 0.25) is 0 Å². The lowest BCUT2D eigenvalue weighted by Gasteiger charge is -1.79. The molecule has 10 heavy (non-hydrogen) atoms. The molecular formula is C9H13N. The molecule has 0 amide bonds. The van der Waals surface area contributed by atoms with Gasteiger partial charge in [-0.3, -0.25) is 0 Å². The van der Waals surface area contributed by atoms with Crippen molar-refractivity contribution >= 4 is 0 Å². The summed E-state index contributed by atoms with van der Waals surface area (Å²) in [5.41, 5.74) is 0. The molecule has 0 aliphatic heterocycles. The lowest BCUT2D eigenvalue weighted by molar-refractivity contribution is 1.19. The van der Waals surface area contributed by atoms with Gasteiger partial charge in [0.1, 0.15) is 0 Å². The average molecular weight is 135 g/mol. The lowest BCUT2D eigenvalue weighted by Crippen LogP contribution is -1.60. The van der Waals surface area contributed by atoms with Crippen molar-refractivity contribution in [2.75, 3.05) is 0 Å². The molecule has 0 aromatic heterocycles. The first-order chi connectivity index (χ1) is 4.91. The van der Waals surface area contributed by atoms with Gasteiger partial charge in [0.05, 0.1) is 12.5 Å². The van der Waals surface area contributed by atoms with E-state index in [0.29, 0.717) is 6.42 Å². The SMILES string of the molecule is CC/C=C/C/C=C/CC#N. The van der Waals surface area contributed by atoms with E-state index < -0.39 is 0 Å². The Morgan fingerprint density at radius 3 is 2.50 bits per heavy atom.